The van der Waals surface area contributed by atoms with Crippen LogP contribution in [0.5, 0.6) is 0 Å². The molecule has 1 aromatic heterocycles. The number of aliphatic hydroxyl groups is 1. The summed E-state index contributed by atoms with van der Waals surface area (Å²) in [7, 11) is -2.48. The van der Waals surface area contributed by atoms with Gasteiger partial charge in [0.25, 0.3) is 11.8 Å². The van der Waals surface area contributed by atoms with Crippen LogP contribution in [0.2, 0.25) is 0 Å². The molecular weight excluding hydrogens is 641 g/mol. The Bertz CT molecular complexity index is 1850. The molecule has 0 bridgehead atoms. The smallest absolute Gasteiger partial charge is 0.358 e. The largest absolute Gasteiger partial charge is 0.461 e. The van der Waals surface area contributed by atoms with E-state index in [1.807, 2.05) is 30.3 Å². The van der Waals surface area contributed by atoms with Crippen molar-refractivity contribution in [1.29, 1.82) is 0 Å². The van der Waals surface area contributed by atoms with Gasteiger partial charge >= 0.3 is 5.97 Å². The highest BCUT2D eigenvalue weighted by molar-refractivity contribution is 7.92. The molecule has 3 aromatic carbocycles. The van der Waals surface area contributed by atoms with E-state index in [1.54, 1.807) is 13.8 Å². The molecule has 2 amide bonds. The minimum Gasteiger partial charge on any atom is -0.461 e. The lowest BCUT2D eigenvalue weighted by molar-refractivity contribution is 0.0516. The lowest BCUT2D eigenvalue weighted by Crippen LogP contribution is -2.46. The number of benzene rings is 3. The number of sulfonamides is 1. The van der Waals surface area contributed by atoms with Crippen LogP contribution < -0.4 is 14.9 Å². The van der Waals surface area contributed by atoms with Crippen LogP contribution in [0.15, 0.2) is 85.1 Å². The number of carbonyl (C=O) groups is 3. The van der Waals surface area contributed by atoms with Crippen molar-refractivity contribution >= 4 is 33.5 Å². The Morgan fingerprint density at radius 2 is 1.60 bits per heavy atom. The van der Waals surface area contributed by atoms with Gasteiger partial charge in [-0.05, 0) is 67.8 Å². The maximum atomic E-state index is 13.8. The van der Waals surface area contributed by atoms with Gasteiger partial charge in [0, 0.05) is 24.4 Å². The molecule has 0 aliphatic rings. The van der Waals surface area contributed by atoms with Crippen molar-refractivity contribution in [3.05, 3.63) is 119 Å². The van der Waals surface area contributed by atoms with E-state index in [0.29, 0.717) is 5.56 Å². The summed E-state index contributed by atoms with van der Waals surface area (Å²) in [6.45, 7) is 3.48. The van der Waals surface area contributed by atoms with E-state index in [2.05, 4.69) is 15.7 Å². The average Bonchev–Trinajstić information content (AvgIpc) is 3.52. The van der Waals surface area contributed by atoms with E-state index in [-0.39, 0.29) is 42.1 Å². The zero-order valence-electron chi connectivity index (χ0n) is 27.0. The number of aliphatic hydroxyl groups excluding tert-OH is 1. The number of anilines is 1. The number of halogens is 1. The number of nitrogens with zero attached hydrogens (tertiary/aromatic N) is 3. The quantitative estimate of drug-likeness (QED) is 0.171. The molecule has 4 aromatic rings. The lowest BCUT2D eigenvalue weighted by atomic mass is 10.00. The van der Waals surface area contributed by atoms with Crippen LogP contribution in [-0.2, 0) is 27.7 Å². The highest BCUT2D eigenvalue weighted by atomic mass is 32.2. The first-order chi connectivity index (χ1) is 22.7. The Kier molecular flexibility index (Phi) is 11.7. The molecule has 254 valence electrons. The Hall–Kier alpha value is -5.08. The van der Waals surface area contributed by atoms with E-state index in [9.17, 15) is 32.3 Å². The fraction of sp³-hybridized carbons (Fsp3) is 0.294. The number of ether oxygens (including phenoxy) is 1. The van der Waals surface area contributed by atoms with Gasteiger partial charge in [-0.2, -0.15) is 5.10 Å². The van der Waals surface area contributed by atoms with Crippen molar-refractivity contribution in [1.82, 2.24) is 20.4 Å². The minimum absolute atomic E-state index is 0.00491. The van der Waals surface area contributed by atoms with Gasteiger partial charge in [0.2, 0.25) is 10.0 Å². The first-order valence-corrected chi connectivity index (χ1v) is 17.0. The zero-order valence-corrected chi connectivity index (χ0v) is 27.8. The predicted octanol–water partition coefficient (Wildman–Crippen LogP) is 3.49. The molecule has 3 atom stereocenters. The summed E-state index contributed by atoms with van der Waals surface area (Å²) in [5, 5.41) is 21.1. The van der Waals surface area contributed by atoms with Gasteiger partial charge in [-0.25, -0.2) is 17.6 Å². The summed E-state index contributed by atoms with van der Waals surface area (Å²) >= 11 is 0. The summed E-state index contributed by atoms with van der Waals surface area (Å²) in [6.07, 6.45) is 1.53. The summed E-state index contributed by atoms with van der Waals surface area (Å²) in [5.74, 6) is -2.30. The fourth-order valence-corrected chi connectivity index (χ4v) is 5.35. The maximum absolute atomic E-state index is 13.8. The van der Waals surface area contributed by atoms with Crippen LogP contribution in [0.25, 0.3) is 0 Å². The Labute approximate surface area is 278 Å². The third kappa shape index (κ3) is 9.48. The lowest BCUT2D eigenvalue weighted by Gasteiger charge is -2.25. The normalized spacial score (nSPS) is 13.2. The van der Waals surface area contributed by atoms with Crippen LogP contribution in [0.1, 0.15) is 62.2 Å². The van der Waals surface area contributed by atoms with Crippen molar-refractivity contribution in [2.75, 3.05) is 24.2 Å². The predicted molar refractivity (Wildman–Crippen MR) is 178 cm³/mol. The molecule has 3 N–H and O–H groups in total. The van der Waals surface area contributed by atoms with Crippen molar-refractivity contribution in [3.8, 4) is 0 Å². The van der Waals surface area contributed by atoms with E-state index < -0.39 is 51.8 Å². The molecule has 0 saturated heterocycles. The zero-order chi connectivity index (χ0) is 35.0. The minimum atomic E-state index is -3.78. The van der Waals surface area contributed by atoms with E-state index in [1.165, 1.54) is 66.5 Å². The summed E-state index contributed by atoms with van der Waals surface area (Å²) < 4.78 is 45.6. The number of carbonyl (C=O) groups excluding carboxylic acids is 3. The molecule has 12 nitrogen and oxygen atoms in total. The van der Waals surface area contributed by atoms with Crippen LogP contribution in [0.4, 0.5) is 10.1 Å². The number of hydrogen-bond donors (Lipinski definition) is 3. The van der Waals surface area contributed by atoms with Crippen molar-refractivity contribution in [2.24, 2.45) is 0 Å². The van der Waals surface area contributed by atoms with E-state index >= 15 is 0 Å². The van der Waals surface area contributed by atoms with E-state index in [4.69, 9.17) is 4.74 Å². The second kappa shape index (κ2) is 15.7. The van der Waals surface area contributed by atoms with E-state index in [0.717, 1.165) is 16.1 Å². The van der Waals surface area contributed by atoms with Crippen LogP contribution >= 0.6 is 0 Å². The molecule has 0 aliphatic heterocycles. The van der Waals surface area contributed by atoms with Gasteiger partial charge in [-0.1, -0.05) is 42.5 Å². The molecule has 0 spiro atoms. The number of nitrogens with one attached hydrogen (secondary N) is 2. The number of amides is 2. The monoisotopic (exact) mass is 679 g/mol. The molecular formula is C34H38FN5O7S. The molecule has 1 heterocycles. The van der Waals surface area contributed by atoms with Crippen molar-refractivity contribution in [2.45, 2.75) is 45.0 Å². The maximum Gasteiger partial charge on any atom is 0.358 e. The topological polar surface area (TPSA) is 160 Å². The summed E-state index contributed by atoms with van der Waals surface area (Å²) in [6, 6.07) is 18.8. The van der Waals surface area contributed by atoms with Crippen LogP contribution in [-0.4, -0.2) is 73.1 Å². The van der Waals surface area contributed by atoms with Crippen molar-refractivity contribution in [3.63, 3.8) is 0 Å². The third-order valence-corrected chi connectivity index (χ3v) is 8.81. The van der Waals surface area contributed by atoms with Crippen molar-refractivity contribution < 1.29 is 37.0 Å². The van der Waals surface area contributed by atoms with Gasteiger partial charge in [0.15, 0.2) is 5.69 Å². The second-order valence-corrected chi connectivity index (χ2v) is 13.2. The van der Waals surface area contributed by atoms with Gasteiger partial charge in [0.05, 0.1) is 43.3 Å². The van der Waals surface area contributed by atoms with Crippen LogP contribution in [0, 0.1) is 5.82 Å². The number of rotatable bonds is 14. The molecule has 0 saturated carbocycles. The number of hydrogen-bond acceptors (Lipinski definition) is 8. The number of aromatic nitrogens is 2. The highest BCUT2D eigenvalue weighted by Crippen LogP contribution is 2.23. The standard InChI is InChI=1S/C34H38FN5O7S/c1-5-47-34(44)29-15-16-40(38-29)21-31(41)30(17-23-9-7-6-8-10-23)37-33(43)26-18-25(19-28(20-26)39(3)48(4,45)46)32(42)36-22(2)24-11-13-27(35)14-12-24/h6-16,18-20,22,30-31,41H,5,17,21H2,1-4H3,(H,36,42)(H,37,43)/t22-,30+,31+/m1/s1. The SMILES string of the molecule is CCOC(=O)c1ccn(C[C@H](O)[C@H](Cc2ccccc2)NC(=O)c2cc(C(=O)N[C@H](C)c3ccc(F)cc3)cc(N(C)S(C)(=O)=O)c2)n1. The fourth-order valence-electron chi connectivity index (χ4n) is 4.86. The Morgan fingerprint density at radius 3 is 2.21 bits per heavy atom. The molecule has 0 fully saturated rings. The van der Waals surface area contributed by atoms with Crippen LogP contribution in [0.3, 0.4) is 0 Å². The Balaban J connectivity index is 1.63. The molecule has 14 heteroatoms. The highest BCUT2D eigenvalue weighted by Gasteiger charge is 2.26. The molecule has 0 radical (unpaired) electrons. The van der Waals surface area contributed by atoms with Gasteiger partial charge < -0.3 is 20.5 Å². The second-order valence-electron chi connectivity index (χ2n) is 11.2. The molecule has 48 heavy (non-hydrogen) atoms. The number of esters is 1. The first kappa shape index (κ1) is 35.8. The average molecular weight is 680 g/mol. The van der Waals surface area contributed by atoms with Gasteiger partial charge in [0.1, 0.15) is 5.82 Å². The summed E-state index contributed by atoms with van der Waals surface area (Å²) in [5.41, 5.74) is 1.56. The van der Waals surface area contributed by atoms with Gasteiger partial charge in [-0.3, -0.25) is 18.6 Å². The Morgan fingerprint density at radius 1 is 0.979 bits per heavy atom. The molecule has 4 rings (SSSR count). The molecule has 0 unspecified atom stereocenters. The molecule has 0 aliphatic carbocycles. The summed E-state index contributed by atoms with van der Waals surface area (Å²) in [4.78, 5) is 39.3. The third-order valence-electron chi connectivity index (χ3n) is 7.60. The first-order valence-electron chi connectivity index (χ1n) is 15.1. The van der Waals surface area contributed by atoms with Gasteiger partial charge in [-0.15, -0.1) is 0 Å².